The number of hydrogen-bond acceptors (Lipinski definition) is 12. The maximum Gasteiger partial charge on any atom is 0.120 e. The summed E-state index contributed by atoms with van der Waals surface area (Å²) in [7, 11) is 0. The van der Waals surface area contributed by atoms with Gasteiger partial charge in [0, 0.05) is 152 Å². The zero-order valence-corrected chi connectivity index (χ0v) is 87.5. The van der Waals surface area contributed by atoms with Gasteiger partial charge in [-0.3, -0.25) is 0 Å². The van der Waals surface area contributed by atoms with E-state index in [2.05, 4.69) is 188 Å². The summed E-state index contributed by atoms with van der Waals surface area (Å²) in [6, 6.07) is 148. The molecular weight excluding hydrogens is 2450 g/mol. The molecule has 0 spiro atoms. The number of aryl methyl sites for hydroxylation is 7. The van der Waals surface area contributed by atoms with E-state index in [0.717, 1.165) is 189 Å². The second-order valence-electron chi connectivity index (χ2n) is 32.6. The second-order valence-corrected chi connectivity index (χ2v) is 32.6. The van der Waals surface area contributed by atoms with Crippen LogP contribution in [0, 0.1) is 97.0 Å². The number of rotatable bonds is 9. The minimum Gasteiger partial charge on any atom is -0.501 e. The van der Waals surface area contributed by atoms with Crippen molar-refractivity contribution in [1.29, 1.82) is 0 Å². The summed E-state index contributed by atoms with van der Waals surface area (Å²) in [5.74, 6) is 0. The molecule has 12 aromatic heterocycles. The molecule has 0 aliphatic heterocycles. The molecule has 0 aliphatic rings. The van der Waals surface area contributed by atoms with Crippen LogP contribution in [-0.4, -0.2) is 39.9 Å². The molecule has 141 heavy (non-hydrogen) atoms. The van der Waals surface area contributed by atoms with Crippen LogP contribution in [0.3, 0.4) is 0 Å². The minimum atomic E-state index is 0. The molecule has 0 amide bonds. The zero-order valence-electron chi connectivity index (χ0n) is 77.9. The van der Waals surface area contributed by atoms with Gasteiger partial charge >= 0.3 is 0 Å². The zero-order chi connectivity index (χ0) is 93.6. The number of aromatic nitrogens is 8. The molecule has 0 atom stereocenters. The molecule has 12 heterocycles. The Hall–Kier alpha value is -15.1. The fourth-order valence-electron chi connectivity index (χ4n) is 15.6. The standard InChI is InChI=1S/C23H14NO.C19H14NO.2C18H12NO.3C12H10N.C11H8N.4Ir/c1-2-7-16(8-3-1)17-13-14-24-21(15-17)20-11-6-10-19-18-9-4-5-12-22(18)25-23(19)20;1-12-10-17(20-11-13(12)2)16-8-5-7-15-14-6-3-4-9-18(14)21-19(15)16;1-12-9-10-19-16(11-12)15-7-4-6-14-13-5-2-3-8-17(13)20-18(14)15;1-12-9-10-16(19-11-12)15-7-4-6-14-13-5-2-3-8-17(13)20-18(14)15;3*1-10-7-8-12(13-9-10)11-5-3-2-4-6-11;1-2-6-10(7-3-1)11-8-4-5-9-12-11;;;;/h1-10,12-15H;3-7,9-11H,1-2H3;2*2-6,8-11H,1H3;3*2-5,7-9H,1H3;1-6,8-9H;;;;/q8*-1;;;;. The van der Waals surface area contributed by atoms with Crippen LogP contribution >= 0.6 is 0 Å². The van der Waals surface area contributed by atoms with Gasteiger partial charge in [0.05, 0.1) is 22.3 Å². The van der Waals surface area contributed by atoms with E-state index in [4.69, 9.17) is 17.7 Å². The molecule has 16 heteroatoms. The summed E-state index contributed by atoms with van der Waals surface area (Å²) in [6.07, 6.45) is 14.8. The number of hydrogen-bond donors (Lipinski definition) is 0. The van der Waals surface area contributed by atoms with Crippen molar-refractivity contribution in [2.75, 3.05) is 0 Å². The summed E-state index contributed by atoms with van der Waals surface area (Å²) in [6.45, 7) is 14.4. The van der Waals surface area contributed by atoms with E-state index in [1.807, 2.05) is 362 Å². The molecule has 698 valence electrons. The fourth-order valence-corrected chi connectivity index (χ4v) is 15.6. The summed E-state index contributed by atoms with van der Waals surface area (Å²) in [5.41, 5.74) is 32.8. The number of benzene rings is 13. The van der Waals surface area contributed by atoms with Crippen molar-refractivity contribution < 1.29 is 98.1 Å². The number of pyridine rings is 8. The molecule has 0 bridgehead atoms. The number of para-hydroxylation sites is 4. The van der Waals surface area contributed by atoms with E-state index in [-0.39, 0.29) is 80.4 Å². The third-order valence-electron chi connectivity index (χ3n) is 22.8. The van der Waals surface area contributed by atoms with Crippen LogP contribution in [0.1, 0.15) is 38.9 Å². The van der Waals surface area contributed by atoms with Crippen LogP contribution in [0.2, 0.25) is 0 Å². The topological polar surface area (TPSA) is 156 Å². The van der Waals surface area contributed by atoms with Gasteiger partial charge in [0.15, 0.2) is 0 Å². The van der Waals surface area contributed by atoms with Crippen LogP contribution in [0.25, 0.3) is 189 Å². The third-order valence-corrected chi connectivity index (χ3v) is 22.8. The smallest absolute Gasteiger partial charge is 0.120 e. The molecular formula is C125H90Ir4N8O4-8. The van der Waals surface area contributed by atoms with Gasteiger partial charge in [0.1, 0.15) is 22.3 Å². The van der Waals surface area contributed by atoms with Crippen molar-refractivity contribution in [3.63, 3.8) is 0 Å². The molecule has 4 radical (unpaired) electrons. The molecule has 25 rings (SSSR count). The summed E-state index contributed by atoms with van der Waals surface area (Å²) >= 11 is 0. The van der Waals surface area contributed by atoms with Crippen LogP contribution in [0.5, 0.6) is 0 Å². The first-order chi connectivity index (χ1) is 67.3. The largest absolute Gasteiger partial charge is 0.501 e. The van der Waals surface area contributed by atoms with Gasteiger partial charge in [-0.1, -0.05) is 237 Å². The van der Waals surface area contributed by atoms with Gasteiger partial charge in [-0.2, -0.15) is 0 Å². The second kappa shape index (κ2) is 49.4. The van der Waals surface area contributed by atoms with Gasteiger partial charge < -0.3 is 57.5 Å². The minimum absolute atomic E-state index is 0. The quantitative estimate of drug-likeness (QED) is 0.126. The Labute approximate surface area is 874 Å². The van der Waals surface area contributed by atoms with E-state index >= 15 is 0 Å². The Kier molecular flexibility index (Phi) is 35.7. The monoisotopic (exact) mass is 2540 g/mol. The SMILES string of the molecule is Cc1ccc(-c2[c-]ccc3c2oc2ccccc23)nc1.Cc1ccc(-c2[c-]cccc2)nc1.Cc1ccc(-c2[c-]cccc2)nc1.Cc1ccc(-c2[c-]cccc2)nc1.Cc1ccnc(-c2[c-]ccc3c2oc2ccccc23)c1.Cc1cnc(-c2[c-]ccc3c2oc2ccccc23)cc1C.[Ir].[Ir].[Ir].[Ir].[c-]1ccc2c(oc3ccccc32)c1-c1cc(-c2ccccc2)ccn1.[c-]1ccccc1-c1ccccn1. The molecule has 0 aliphatic carbocycles. The fraction of sp³-hybridized carbons (Fsp3) is 0.0560. The Bertz CT molecular complexity index is 8100. The van der Waals surface area contributed by atoms with Crippen molar-refractivity contribution in [1.82, 2.24) is 39.9 Å². The average molecular weight is 2540 g/mol. The molecule has 0 saturated carbocycles. The Morgan fingerprint density at radius 2 is 0.489 bits per heavy atom. The predicted octanol–water partition coefficient (Wildman–Crippen LogP) is 31.8. The Balaban J connectivity index is 0.000000129. The van der Waals surface area contributed by atoms with Crippen LogP contribution in [0.15, 0.2) is 437 Å². The van der Waals surface area contributed by atoms with E-state index in [1.54, 1.807) is 6.20 Å². The average Bonchev–Trinajstić information content (AvgIpc) is 1.64. The molecule has 13 aromatic carbocycles. The normalized spacial score (nSPS) is 10.4. The maximum atomic E-state index is 6.11. The van der Waals surface area contributed by atoms with Gasteiger partial charge in [-0.05, 0) is 175 Å². The number of nitrogens with zero attached hydrogens (tertiary/aromatic N) is 8. The Morgan fingerprint density at radius 3 is 0.823 bits per heavy atom. The first kappa shape index (κ1) is 102. The van der Waals surface area contributed by atoms with Crippen molar-refractivity contribution in [3.8, 4) is 101 Å². The van der Waals surface area contributed by atoms with Gasteiger partial charge in [0.2, 0.25) is 0 Å². The molecule has 0 saturated heterocycles. The van der Waals surface area contributed by atoms with E-state index in [1.165, 1.54) is 38.9 Å². The first-order valence-corrected chi connectivity index (χ1v) is 45.0. The summed E-state index contributed by atoms with van der Waals surface area (Å²) < 4.78 is 24.2. The molecule has 0 unspecified atom stereocenters. The van der Waals surface area contributed by atoms with Gasteiger partial charge in [-0.15, -0.1) is 216 Å². The van der Waals surface area contributed by atoms with E-state index < -0.39 is 0 Å². The Morgan fingerprint density at radius 1 is 0.184 bits per heavy atom. The molecule has 0 fully saturated rings. The summed E-state index contributed by atoms with van der Waals surface area (Å²) in [5, 5.41) is 8.93. The summed E-state index contributed by atoms with van der Waals surface area (Å²) in [4.78, 5) is 35.2. The van der Waals surface area contributed by atoms with Gasteiger partial charge in [-0.25, -0.2) is 0 Å². The van der Waals surface area contributed by atoms with Gasteiger partial charge in [0.25, 0.3) is 0 Å². The first-order valence-electron chi connectivity index (χ1n) is 45.0. The van der Waals surface area contributed by atoms with Crippen molar-refractivity contribution in [3.05, 3.63) is 507 Å². The van der Waals surface area contributed by atoms with E-state index in [9.17, 15) is 0 Å². The van der Waals surface area contributed by atoms with E-state index in [0.29, 0.717) is 0 Å². The number of furan rings is 4. The van der Waals surface area contributed by atoms with Crippen molar-refractivity contribution >= 4 is 87.8 Å². The van der Waals surface area contributed by atoms with Crippen LogP contribution in [-0.2, 0) is 80.4 Å². The van der Waals surface area contributed by atoms with Crippen molar-refractivity contribution in [2.24, 2.45) is 0 Å². The third kappa shape index (κ3) is 25.1. The number of fused-ring (bicyclic) bond motifs is 12. The van der Waals surface area contributed by atoms with Crippen molar-refractivity contribution in [2.45, 2.75) is 48.5 Å². The van der Waals surface area contributed by atoms with Crippen LogP contribution in [0.4, 0.5) is 0 Å². The van der Waals surface area contributed by atoms with Crippen LogP contribution < -0.4 is 0 Å². The molecule has 25 aromatic rings. The molecule has 0 N–H and O–H groups in total. The maximum absolute atomic E-state index is 6.11. The predicted molar refractivity (Wildman–Crippen MR) is 556 cm³/mol. The molecule has 12 nitrogen and oxygen atoms in total.